The zero-order chi connectivity index (χ0) is 13.5. The lowest BCUT2D eigenvalue weighted by Gasteiger charge is -2.12. The van der Waals surface area contributed by atoms with Crippen LogP contribution in [-0.4, -0.2) is 45.2 Å². The van der Waals surface area contributed by atoms with Crippen molar-refractivity contribution in [2.45, 2.75) is 13.8 Å². The Morgan fingerprint density at radius 2 is 1.78 bits per heavy atom. The highest BCUT2D eigenvalue weighted by molar-refractivity contribution is 9.10. The Labute approximate surface area is 119 Å². The van der Waals surface area contributed by atoms with E-state index in [9.17, 15) is 0 Å². The van der Waals surface area contributed by atoms with Gasteiger partial charge in [0.2, 0.25) is 0 Å². The Bertz CT molecular complexity index is 357. The predicted molar refractivity (Wildman–Crippen MR) is 80.5 cm³/mol. The molecule has 0 saturated carbocycles. The fourth-order valence-electron chi connectivity index (χ4n) is 1.66. The van der Waals surface area contributed by atoms with Crippen molar-refractivity contribution >= 4 is 15.9 Å². The second kappa shape index (κ2) is 7.77. The van der Waals surface area contributed by atoms with E-state index in [4.69, 9.17) is 4.74 Å². The predicted octanol–water partition coefficient (Wildman–Crippen LogP) is 2.60. The van der Waals surface area contributed by atoms with Gasteiger partial charge in [0.25, 0.3) is 0 Å². The van der Waals surface area contributed by atoms with Crippen molar-refractivity contribution in [3.63, 3.8) is 0 Å². The minimum Gasteiger partial charge on any atom is -0.492 e. The second-order valence-corrected chi connectivity index (χ2v) is 5.57. The van der Waals surface area contributed by atoms with Crippen LogP contribution in [-0.2, 0) is 0 Å². The van der Waals surface area contributed by atoms with Gasteiger partial charge in [0.05, 0.1) is 0 Å². The summed E-state index contributed by atoms with van der Waals surface area (Å²) in [6.45, 7) is 7.79. The van der Waals surface area contributed by atoms with Gasteiger partial charge >= 0.3 is 0 Å². The Kier molecular flexibility index (Phi) is 6.68. The van der Waals surface area contributed by atoms with Crippen LogP contribution in [0, 0.1) is 13.8 Å². The van der Waals surface area contributed by atoms with Crippen molar-refractivity contribution in [2.24, 2.45) is 0 Å². The van der Waals surface area contributed by atoms with Crippen LogP contribution in [0.2, 0.25) is 0 Å². The lowest BCUT2D eigenvalue weighted by atomic mass is 10.1. The number of likely N-dealkylation sites (N-methyl/N-ethyl adjacent to an activating group) is 1. The number of hydrogen-bond donors (Lipinski definition) is 1. The third-order valence-corrected chi connectivity index (χ3v) is 3.94. The number of nitrogens with zero attached hydrogens (tertiary/aromatic N) is 1. The second-order valence-electron chi connectivity index (χ2n) is 4.77. The summed E-state index contributed by atoms with van der Waals surface area (Å²) in [6, 6.07) is 4.13. The third-order valence-electron chi connectivity index (χ3n) is 2.69. The first kappa shape index (κ1) is 15.5. The molecule has 0 unspecified atom stereocenters. The first-order valence-electron chi connectivity index (χ1n) is 6.25. The Hall–Kier alpha value is -0.580. The van der Waals surface area contributed by atoms with Crippen molar-refractivity contribution in [3.05, 3.63) is 27.7 Å². The topological polar surface area (TPSA) is 24.5 Å². The van der Waals surface area contributed by atoms with E-state index < -0.39 is 0 Å². The molecule has 0 aliphatic carbocycles. The van der Waals surface area contributed by atoms with Crippen LogP contribution in [0.15, 0.2) is 16.6 Å². The van der Waals surface area contributed by atoms with E-state index in [-0.39, 0.29) is 0 Å². The van der Waals surface area contributed by atoms with Crippen LogP contribution in [0.25, 0.3) is 0 Å². The quantitative estimate of drug-likeness (QED) is 0.783. The zero-order valence-electron chi connectivity index (χ0n) is 11.7. The molecule has 0 aliphatic rings. The number of rotatable bonds is 7. The summed E-state index contributed by atoms with van der Waals surface area (Å²) >= 11 is 3.56. The molecule has 0 amide bonds. The molecule has 1 aromatic rings. The summed E-state index contributed by atoms with van der Waals surface area (Å²) in [5.41, 5.74) is 2.43. The summed E-state index contributed by atoms with van der Waals surface area (Å²) in [5.74, 6) is 0.947. The van der Waals surface area contributed by atoms with Crippen LogP contribution < -0.4 is 10.1 Å². The molecule has 0 radical (unpaired) electrons. The molecule has 0 fully saturated rings. The molecular formula is C14H23BrN2O. The lowest BCUT2D eigenvalue weighted by Crippen LogP contribution is -2.29. The van der Waals surface area contributed by atoms with E-state index in [0.29, 0.717) is 6.61 Å². The molecule has 1 rings (SSSR count). The minimum absolute atomic E-state index is 0.702. The summed E-state index contributed by atoms with van der Waals surface area (Å²) in [7, 11) is 4.15. The molecule has 0 spiro atoms. The van der Waals surface area contributed by atoms with Gasteiger partial charge in [-0.25, -0.2) is 0 Å². The van der Waals surface area contributed by atoms with Gasteiger partial charge in [-0.05, 0) is 51.2 Å². The van der Waals surface area contributed by atoms with Gasteiger partial charge in [-0.15, -0.1) is 0 Å². The number of nitrogens with one attached hydrogen (secondary N) is 1. The average Bonchev–Trinajstić information content (AvgIpc) is 2.30. The van der Waals surface area contributed by atoms with Crippen LogP contribution in [0.5, 0.6) is 5.75 Å². The average molecular weight is 315 g/mol. The van der Waals surface area contributed by atoms with Crippen LogP contribution >= 0.6 is 15.9 Å². The molecule has 0 bridgehead atoms. The largest absolute Gasteiger partial charge is 0.492 e. The highest BCUT2D eigenvalue weighted by Gasteiger charge is 2.02. The number of hydrogen-bond acceptors (Lipinski definition) is 3. The number of aryl methyl sites for hydroxylation is 2. The molecule has 102 valence electrons. The molecule has 4 heteroatoms. The first-order chi connectivity index (χ1) is 8.50. The minimum atomic E-state index is 0.702. The number of halogens is 1. The molecule has 18 heavy (non-hydrogen) atoms. The Morgan fingerprint density at radius 3 is 2.33 bits per heavy atom. The fourth-order valence-corrected chi connectivity index (χ4v) is 1.89. The van der Waals surface area contributed by atoms with Crippen LogP contribution in [0.4, 0.5) is 0 Å². The van der Waals surface area contributed by atoms with Gasteiger partial charge < -0.3 is 15.0 Å². The maximum absolute atomic E-state index is 5.73. The van der Waals surface area contributed by atoms with Crippen molar-refractivity contribution in [2.75, 3.05) is 40.3 Å². The molecule has 0 saturated heterocycles. The van der Waals surface area contributed by atoms with Crippen molar-refractivity contribution < 1.29 is 4.74 Å². The smallest absolute Gasteiger partial charge is 0.119 e. The van der Waals surface area contributed by atoms with E-state index in [0.717, 1.165) is 25.4 Å². The van der Waals surface area contributed by atoms with Crippen molar-refractivity contribution in [3.8, 4) is 5.75 Å². The molecule has 3 nitrogen and oxygen atoms in total. The normalized spacial score (nSPS) is 11.0. The SMILES string of the molecule is Cc1cc(OCCNCCN(C)C)cc(C)c1Br. The van der Waals surface area contributed by atoms with Gasteiger partial charge in [0, 0.05) is 24.1 Å². The highest BCUT2D eigenvalue weighted by Crippen LogP contribution is 2.26. The molecule has 0 aliphatic heterocycles. The van der Waals surface area contributed by atoms with Crippen LogP contribution in [0.1, 0.15) is 11.1 Å². The molecule has 1 aromatic carbocycles. The molecule has 0 heterocycles. The Balaban J connectivity index is 2.27. The standard InChI is InChI=1S/C14H23BrN2O/c1-11-9-13(10-12(2)14(11)15)18-8-6-16-5-7-17(3)4/h9-10,16H,5-8H2,1-4H3. The van der Waals surface area contributed by atoms with Gasteiger partial charge in [0.1, 0.15) is 12.4 Å². The number of ether oxygens (including phenoxy) is 1. The van der Waals surface area contributed by atoms with E-state index in [1.807, 2.05) is 0 Å². The maximum Gasteiger partial charge on any atom is 0.119 e. The van der Waals surface area contributed by atoms with Crippen molar-refractivity contribution in [1.82, 2.24) is 10.2 Å². The van der Waals surface area contributed by atoms with E-state index in [1.54, 1.807) is 0 Å². The zero-order valence-corrected chi connectivity index (χ0v) is 13.3. The molecule has 1 N–H and O–H groups in total. The third kappa shape index (κ3) is 5.38. The summed E-state index contributed by atoms with van der Waals surface area (Å²) in [5, 5.41) is 3.35. The maximum atomic E-state index is 5.73. The number of benzene rings is 1. The van der Waals surface area contributed by atoms with Gasteiger partial charge in [-0.2, -0.15) is 0 Å². The van der Waals surface area contributed by atoms with E-state index >= 15 is 0 Å². The lowest BCUT2D eigenvalue weighted by molar-refractivity contribution is 0.308. The highest BCUT2D eigenvalue weighted by atomic mass is 79.9. The van der Waals surface area contributed by atoms with Gasteiger partial charge in [-0.3, -0.25) is 0 Å². The van der Waals surface area contributed by atoms with Gasteiger partial charge in [0.15, 0.2) is 0 Å². The van der Waals surface area contributed by atoms with E-state index in [2.05, 4.69) is 66.2 Å². The Morgan fingerprint density at radius 1 is 1.17 bits per heavy atom. The van der Waals surface area contributed by atoms with Crippen LogP contribution in [0.3, 0.4) is 0 Å². The van der Waals surface area contributed by atoms with Crippen molar-refractivity contribution in [1.29, 1.82) is 0 Å². The summed E-state index contributed by atoms with van der Waals surface area (Å²) in [6.07, 6.45) is 0. The molecule has 0 aromatic heterocycles. The fraction of sp³-hybridized carbons (Fsp3) is 0.571. The van der Waals surface area contributed by atoms with Gasteiger partial charge in [-0.1, -0.05) is 15.9 Å². The monoisotopic (exact) mass is 314 g/mol. The molecule has 0 atom stereocenters. The first-order valence-corrected chi connectivity index (χ1v) is 7.05. The summed E-state index contributed by atoms with van der Waals surface area (Å²) in [4.78, 5) is 2.16. The molecular weight excluding hydrogens is 292 g/mol. The van der Waals surface area contributed by atoms with E-state index in [1.165, 1.54) is 15.6 Å². The summed E-state index contributed by atoms with van der Waals surface area (Å²) < 4.78 is 6.90.